The molecule has 3 nitrogen and oxygen atoms in total. The number of aromatic nitrogens is 1. The molecule has 0 fully saturated rings. The van der Waals surface area contributed by atoms with Crippen LogP contribution in [-0.4, -0.2) is 4.57 Å². The standard InChI is InChI=1S/C48H32N2O/c1-4-15-33(16-5-1)35-27-29-38(30-28-35)49(39-22-14-19-36(31-39)34-17-6-2-7-18-34)43-32-44-46(48-47(43)41-24-11-13-26-45(41)51-48)40-23-10-12-25-42(40)50(44)37-20-8-3-9-21-37/h1-32H. The summed E-state index contributed by atoms with van der Waals surface area (Å²) in [6.45, 7) is 0. The molecule has 0 saturated carbocycles. The van der Waals surface area contributed by atoms with Gasteiger partial charge in [-0.2, -0.15) is 0 Å². The average molecular weight is 653 g/mol. The molecule has 0 bridgehead atoms. The molecule has 0 atom stereocenters. The van der Waals surface area contributed by atoms with Gasteiger partial charge >= 0.3 is 0 Å². The normalized spacial score (nSPS) is 11.5. The van der Waals surface area contributed by atoms with Crippen LogP contribution in [0, 0.1) is 0 Å². The molecular formula is C48H32N2O. The first-order valence-electron chi connectivity index (χ1n) is 17.4. The number of fused-ring (bicyclic) bond motifs is 7. The van der Waals surface area contributed by atoms with Crippen LogP contribution in [0.4, 0.5) is 17.1 Å². The van der Waals surface area contributed by atoms with Gasteiger partial charge in [-0.1, -0.05) is 140 Å². The Labute approximate surface area is 295 Å². The highest BCUT2D eigenvalue weighted by molar-refractivity contribution is 6.28. The number of benzene rings is 8. The van der Waals surface area contributed by atoms with Gasteiger partial charge in [0, 0.05) is 27.8 Å². The van der Waals surface area contributed by atoms with Gasteiger partial charge in [-0.05, 0) is 76.9 Å². The first-order valence-corrected chi connectivity index (χ1v) is 17.4. The molecule has 0 amide bonds. The van der Waals surface area contributed by atoms with Crippen molar-refractivity contribution in [2.75, 3.05) is 4.90 Å². The van der Waals surface area contributed by atoms with Crippen molar-refractivity contribution >= 4 is 60.8 Å². The first-order chi connectivity index (χ1) is 25.3. The molecule has 2 aromatic heterocycles. The van der Waals surface area contributed by atoms with Gasteiger partial charge in [-0.25, -0.2) is 0 Å². The molecule has 0 aliphatic rings. The summed E-state index contributed by atoms with van der Waals surface area (Å²) in [6.07, 6.45) is 0. The Balaban J connectivity index is 1.32. The lowest BCUT2D eigenvalue weighted by molar-refractivity contribution is 0.673. The van der Waals surface area contributed by atoms with Crippen LogP contribution in [0.5, 0.6) is 0 Å². The van der Waals surface area contributed by atoms with Crippen molar-refractivity contribution in [1.29, 1.82) is 0 Å². The summed E-state index contributed by atoms with van der Waals surface area (Å²) in [4.78, 5) is 2.40. The fraction of sp³-hybridized carbons (Fsp3) is 0. The lowest BCUT2D eigenvalue weighted by Gasteiger charge is -2.27. The van der Waals surface area contributed by atoms with Gasteiger partial charge in [0.05, 0.1) is 27.5 Å². The van der Waals surface area contributed by atoms with Crippen LogP contribution in [-0.2, 0) is 0 Å². The fourth-order valence-electron chi connectivity index (χ4n) is 7.66. The molecule has 51 heavy (non-hydrogen) atoms. The Morgan fingerprint density at radius 1 is 0.392 bits per heavy atom. The van der Waals surface area contributed by atoms with Crippen LogP contribution in [0.1, 0.15) is 0 Å². The summed E-state index contributed by atoms with van der Waals surface area (Å²) < 4.78 is 9.29. The van der Waals surface area contributed by atoms with E-state index in [1.807, 2.05) is 0 Å². The smallest absolute Gasteiger partial charge is 0.147 e. The van der Waals surface area contributed by atoms with Crippen molar-refractivity contribution in [3.05, 3.63) is 194 Å². The highest BCUT2D eigenvalue weighted by Gasteiger charge is 2.25. The molecule has 0 N–H and O–H groups in total. The van der Waals surface area contributed by atoms with Crippen LogP contribution in [0.15, 0.2) is 199 Å². The Hall–Kier alpha value is -6.84. The predicted octanol–water partition coefficient (Wildman–Crippen LogP) is 13.5. The van der Waals surface area contributed by atoms with E-state index in [-0.39, 0.29) is 0 Å². The zero-order valence-corrected chi connectivity index (χ0v) is 27.8. The topological polar surface area (TPSA) is 21.3 Å². The molecule has 3 heteroatoms. The lowest BCUT2D eigenvalue weighted by Crippen LogP contribution is -2.11. The van der Waals surface area contributed by atoms with E-state index in [9.17, 15) is 0 Å². The maximum Gasteiger partial charge on any atom is 0.147 e. The maximum atomic E-state index is 6.92. The third-order valence-corrected chi connectivity index (χ3v) is 9.96. The number of hydrogen-bond donors (Lipinski definition) is 0. The van der Waals surface area contributed by atoms with Crippen molar-refractivity contribution < 1.29 is 4.42 Å². The third kappa shape index (κ3) is 4.82. The SMILES string of the molecule is c1ccc(-c2ccc(N(c3cccc(-c4ccccc4)c3)c3cc4c(c5ccccc5n4-c4ccccc4)c4oc5ccccc5c34)cc2)cc1. The van der Waals surface area contributed by atoms with Gasteiger partial charge < -0.3 is 13.9 Å². The zero-order chi connectivity index (χ0) is 33.7. The minimum absolute atomic E-state index is 0.871. The van der Waals surface area contributed by atoms with Crippen LogP contribution in [0.25, 0.3) is 71.7 Å². The van der Waals surface area contributed by atoms with Gasteiger partial charge in [-0.15, -0.1) is 0 Å². The van der Waals surface area contributed by atoms with Crippen molar-refractivity contribution in [2.45, 2.75) is 0 Å². The minimum Gasteiger partial charge on any atom is -0.455 e. The van der Waals surface area contributed by atoms with Gasteiger partial charge in [0.25, 0.3) is 0 Å². The van der Waals surface area contributed by atoms with Gasteiger partial charge in [0.2, 0.25) is 0 Å². The zero-order valence-electron chi connectivity index (χ0n) is 27.8. The Bertz CT molecular complexity index is 2830. The molecule has 240 valence electrons. The van der Waals surface area contributed by atoms with E-state index in [1.54, 1.807) is 0 Å². The summed E-state index contributed by atoms with van der Waals surface area (Å²) in [5, 5.41) is 4.45. The predicted molar refractivity (Wildman–Crippen MR) is 214 cm³/mol. The van der Waals surface area contributed by atoms with E-state index in [2.05, 4.69) is 204 Å². The van der Waals surface area contributed by atoms with E-state index < -0.39 is 0 Å². The van der Waals surface area contributed by atoms with E-state index >= 15 is 0 Å². The van der Waals surface area contributed by atoms with E-state index in [4.69, 9.17) is 4.42 Å². The second-order valence-corrected chi connectivity index (χ2v) is 12.9. The third-order valence-electron chi connectivity index (χ3n) is 9.96. The molecular weight excluding hydrogens is 621 g/mol. The molecule has 2 heterocycles. The molecule has 0 unspecified atom stereocenters. The summed E-state index contributed by atoms with van der Waals surface area (Å²) in [6, 6.07) is 69.0. The summed E-state index contributed by atoms with van der Waals surface area (Å²) in [5.74, 6) is 0. The summed E-state index contributed by atoms with van der Waals surface area (Å²) >= 11 is 0. The fourth-order valence-corrected chi connectivity index (χ4v) is 7.66. The second kappa shape index (κ2) is 11.9. The average Bonchev–Trinajstić information content (AvgIpc) is 3.76. The highest BCUT2D eigenvalue weighted by atomic mass is 16.3. The Morgan fingerprint density at radius 2 is 0.980 bits per heavy atom. The number of anilines is 3. The van der Waals surface area contributed by atoms with E-state index in [0.717, 1.165) is 72.1 Å². The Kier molecular flexibility index (Phi) is 6.81. The van der Waals surface area contributed by atoms with Gasteiger partial charge in [-0.3, -0.25) is 0 Å². The largest absolute Gasteiger partial charge is 0.455 e. The minimum atomic E-state index is 0.871. The summed E-state index contributed by atoms with van der Waals surface area (Å²) in [5.41, 5.74) is 13.0. The quantitative estimate of drug-likeness (QED) is 0.178. The second-order valence-electron chi connectivity index (χ2n) is 12.9. The van der Waals surface area contributed by atoms with Gasteiger partial charge in [0.1, 0.15) is 11.2 Å². The first kappa shape index (κ1) is 29.1. The number of rotatable bonds is 6. The van der Waals surface area contributed by atoms with Crippen molar-refractivity contribution in [3.63, 3.8) is 0 Å². The number of para-hydroxylation sites is 3. The molecule has 10 aromatic rings. The molecule has 10 rings (SSSR count). The van der Waals surface area contributed by atoms with Crippen molar-refractivity contribution in [1.82, 2.24) is 4.57 Å². The molecule has 0 aliphatic carbocycles. The van der Waals surface area contributed by atoms with E-state index in [0.29, 0.717) is 0 Å². The monoisotopic (exact) mass is 652 g/mol. The molecule has 8 aromatic carbocycles. The molecule has 0 spiro atoms. The van der Waals surface area contributed by atoms with E-state index in [1.165, 1.54) is 16.7 Å². The molecule has 0 radical (unpaired) electrons. The maximum absolute atomic E-state index is 6.92. The number of nitrogens with zero attached hydrogens (tertiary/aromatic N) is 2. The van der Waals surface area contributed by atoms with Crippen LogP contribution >= 0.6 is 0 Å². The highest BCUT2D eigenvalue weighted by Crippen LogP contribution is 2.49. The number of furan rings is 1. The summed E-state index contributed by atoms with van der Waals surface area (Å²) in [7, 11) is 0. The number of hydrogen-bond acceptors (Lipinski definition) is 2. The lowest BCUT2D eigenvalue weighted by atomic mass is 10.0. The Morgan fingerprint density at radius 3 is 1.73 bits per heavy atom. The van der Waals surface area contributed by atoms with Crippen LogP contribution in [0.3, 0.4) is 0 Å². The molecule has 0 saturated heterocycles. The van der Waals surface area contributed by atoms with Crippen molar-refractivity contribution in [2.24, 2.45) is 0 Å². The molecule has 0 aliphatic heterocycles. The van der Waals surface area contributed by atoms with Gasteiger partial charge in [0.15, 0.2) is 0 Å². The van der Waals surface area contributed by atoms with Crippen molar-refractivity contribution in [3.8, 4) is 27.9 Å². The van der Waals surface area contributed by atoms with Crippen LogP contribution in [0.2, 0.25) is 0 Å². The van der Waals surface area contributed by atoms with Crippen LogP contribution < -0.4 is 4.90 Å².